The summed E-state index contributed by atoms with van der Waals surface area (Å²) in [7, 11) is 2.87. The largest absolute Gasteiger partial charge is 0.507 e. The fraction of sp³-hybridized carbons (Fsp3) is 0.542. The van der Waals surface area contributed by atoms with Crippen LogP contribution in [-0.2, 0) is 58.9 Å². The van der Waals surface area contributed by atoms with Crippen molar-refractivity contribution in [1.29, 1.82) is 0 Å². The maximum atomic E-state index is 14.3. The van der Waals surface area contributed by atoms with Crippen LogP contribution in [-0.4, -0.2) is 163 Å². The van der Waals surface area contributed by atoms with E-state index >= 15 is 0 Å². The van der Waals surface area contributed by atoms with Crippen LogP contribution >= 0.6 is 0 Å². The van der Waals surface area contributed by atoms with Crippen LogP contribution in [0.1, 0.15) is 102 Å². The Morgan fingerprint density at radius 2 is 1.66 bits per heavy atom. The smallest absolute Gasteiger partial charge is 0.253 e. The van der Waals surface area contributed by atoms with Crippen molar-refractivity contribution in [1.82, 2.24) is 31.1 Å². The molecule has 6 aliphatic rings. The number of phenols is 2. The summed E-state index contributed by atoms with van der Waals surface area (Å²) in [6.45, 7) is 5.97. The number of carbonyl (C=O) groups excluding carboxylic acids is 8. The number of likely N-dealkylation sites (tertiary alicyclic amines) is 1. The Bertz CT molecular complexity index is 2480. The van der Waals surface area contributed by atoms with Gasteiger partial charge in [0.15, 0.2) is 24.6 Å². The number of nitrogens with zero attached hydrogens (tertiary/aromatic N) is 2. The molecule has 6 N–H and O–H groups in total. The van der Waals surface area contributed by atoms with Gasteiger partial charge in [-0.2, -0.15) is 0 Å². The Labute approximate surface area is 402 Å². The average Bonchev–Trinajstić information content (AvgIpc) is 3.95. The number of fused-ring (bicyclic) bond motifs is 3. The second kappa shape index (κ2) is 21.0. The summed E-state index contributed by atoms with van der Waals surface area (Å²) in [6, 6.07) is 1.92. The number of hydrogen-bond acceptors (Lipinski definition) is 17. The molecule has 0 spiro atoms. The van der Waals surface area contributed by atoms with E-state index in [4.69, 9.17) is 28.4 Å². The molecule has 6 amide bonds. The molecule has 3 saturated heterocycles. The molecule has 0 saturated carbocycles. The van der Waals surface area contributed by atoms with Crippen LogP contribution in [0.15, 0.2) is 30.4 Å². The SMILES string of the molecule is COc1cccc2c1C(=O)c1c(O)c3c(c(O)c1C2=O)C[C@@H](C(=O)NC1CCN(C(=O)[C@H](C)NC(=O)[C@H](C)NC(=O)CCN2C(=O)C=CC2=O)C1)C[C@@H]3O[C@H]1CC[C@H](O[C@H]2NCCO[C@@H]2OC)[C@H](C)O1. The Morgan fingerprint density at radius 3 is 2.37 bits per heavy atom. The van der Waals surface area contributed by atoms with E-state index in [1.54, 1.807) is 0 Å². The molecular formula is C48H58N6O16. The number of hydrogen-bond donors (Lipinski definition) is 6. The first-order valence-corrected chi connectivity index (χ1v) is 23.4. The summed E-state index contributed by atoms with van der Waals surface area (Å²) in [5.41, 5.74) is -0.766. The number of carbonyl (C=O) groups is 8. The zero-order chi connectivity index (χ0) is 50.1. The first-order chi connectivity index (χ1) is 33.5. The van der Waals surface area contributed by atoms with E-state index in [1.807, 2.05) is 6.92 Å². The molecule has 2 aromatic rings. The van der Waals surface area contributed by atoms with Gasteiger partial charge in [-0.15, -0.1) is 0 Å². The zero-order valence-electron chi connectivity index (χ0n) is 39.4. The molecule has 1 unspecified atom stereocenters. The van der Waals surface area contributed by atoms with Crippen LogP contribution in [0.3, 0.4) is 0 Å². The number of methoxy groups -OCH3 is 2. The Kier molecular flexibility index (Phi) is 15.0. The molecule has 2 aromatic carbocycles. The lowest BCUT2D eigenvalue weighted by molar-refractivity contribution is -0.280. The van der Waals surface area contributed by atoms with Crippen molar-refractivity contribution in [3.8, 4) is 17.2 Å². The van der Waals surface area contributed by atoms with Gasteiger partial charge in [-0.1, -0.05) is 12.1 Å². The fourth-order valence-electron chi connectivity index (χ4n) is 9.96. The Morgan fingerprint density at radius 1 is 0.914 bits per heavy atom. The lowest BCUT2D eigenvalue weighted by atomic mass is 9.74. The minimum Gasteiger partial charge on any atom is -0.507 e. The predicted octanol–water partition coefficient (Wildman–Crippen LogP) is 0.372. The van der Waals surface area contributed by atoms with Crippen LogP contribution in [0, 0.1) is 5.92 Å². The molecule has 376 valence electrons. The van der Waals surface area contributed by atoms with Crippen molar-refractivity contribution in [2.75, 3.05) is 47.0 Å². The predicted molar refractivity (Wildman–Crippen MR) is 241 cm³/mol. The lowest BCUT2D eigenvalue weighted by Crippen LogP contribution is -2.54. The van der Waals surface area contributed by atoms with Crippen LogP contribution in [0.2, 0.25) is 0 Å². The number of ketones is 2. The second-order valence-electron chi connectivity index (χ2n) is 18.2. The zero-order valence-corrected chi connectivity index (χ0v) is 39.4. The number of rotatable bonds is 15. The van der Waals surface area contributed by atoms with Gasteiger partial charge in [0.25, 0.3) is 11.8 Å². The fourth-order valence-corrected chi connectivity index (χ4v) is 9.96. The number of nitrogens with one attached hydrogen (secondary N) is 4. The summed E-state index contributed by atoms with van der Waals surface area (Å²) in [5.74, 6) is -6.50. The van der Waals surface area contributed by atoms with Gasteiger partial charge in [-0.05, 0) is 52.5 Å². The first kappa shape index (κ1) is 50.1. The molecule has 3 fully saturated rings. The highest BCUT2D eigenvalue weighted by molar-refractivity contribution is 6.31. The molecule has 2 aliphatic carbocycles. The minimum absolute atomic E-state index is 0.0196. The van der Waals surface area contributed by atoms with E-state index in [-0.39, 0.29) is 73.0 Å². The molecule has 8 rings (SSSR count). The topological polar surface area (TPSA) is 287 Å². The number of imide groups is 1. The van der Waals surface area contributed by atoms with Gasteiger partial charge >= 0.3 is 0 Å². The third kappa shape index (κ3) is 10.0. The quantitative estimate of drug-likeness (QED) is 0.0886. The highest BCUT2D eigenvalue weighted by Crippen LogP contribution is 2.52. The van der Waals surface area contributed by atoms with Crippen molar-refractivity contribution >= 4 is 47.0 Å². The number of aromatic hydroxyl groups is 2. The monoisotopic (exact) mass is 974 g/mol. The third-order valence-electron chi connectivity index (χ3n) is 13.6. The van der Waals surface area contributed by atoms with Crippen LogP contribution in [0.25, 0.3) is 0 Å². The van der Waals surface area contributed by atoms with Gasteiger partial charge in [-0.3, -0.25) is 48.6 Å². The summed E-state index contributed by atoms with van der Waals surface area (Å²) in [5, 5.41) is 35.4. The van der Waals surface area contributed by atoms with Crippen LogP contribution in [0.4, 0.5) is 0 Å². The third-order valence-corrected chi connectivity index (χ3v) is 13.6. The molecule has 4 aliphatic heterocycles. The van der Waals surface area contributed by atoms with Gasteiger partial charge in [0, 0.05) is 86.9 Å². The highest BCUT2D eigenvalue weighted by Gasteiger charge is 2.46. The van der Waals surface area contributed by atoms with Crippen molar-refractivity contribution in [3.05, 3.63) is 63.7 Å². The van der Waals surface area contributed by atoms with Crippen molar-refractivity contribution in [2.45, 2.75) is 115 Å². The molecule has 22 nitrogen and oxygen atoms in total. The van der Waals surface area contributed by atoms with Crippen LogP contribution in [0.5, 0.6) is 17.2 Å². The number of phenolic OH excluding ortho intramolecular Hbond substituents is 2. The van der Waals surface area contributed by atoms with E-state index in [9.17, 15) is 48.6 Å². The molecule has 22 heteroatoms. The molecule has 4 heterocycles. The number of ether oxygens (including phenoxy) is 6. The van der Waals surface area contributed by atoms with Gasteiger partial charge in [0.05, 0.1) is 48.7 Å². The van der Waals surface area contributed by atoms with E-state index in [0.29, 0.717) is 32.4 Å². The first-order valence-electron chi connectivity index (χ1n) is 23.4. The summed E-state index contributed by atoms with van der Waals surface area (Å²) in [6.07, 6.45) is -1.06. The standard InChI is InChI=1S/C48H58N6O16/c1-22(50-32(55)14-17-54-33(56)10-11-34(54)57)44(62)51-23(2)47(64)53-16-13-26(21-53)52-45(63)25-19-28-37(43(61)39-38(41(28)59)40(58)27-7-6-8-30(65-4)36(27)42(39)60)31(20-25)69-35-12-9-29(24(3)68-35)70-46-48(66-5)67-18-15-49-46/h6-8,10-11,22-26,29,31,35,46,48-49,59,61H,9,12-21H2,1-5H3,(H,50,55)(H,51,62)(H,52,63)/t22-,23-,24-,25+,26?,29-,31-,35-,46+,48-/m0/s1. The molecule has 0 aromatic heterocycles. The van der Waals surface area contributed by atoms with Crippen molar-refractivity contribution < 1.29 is 77.0 Å². The van der Waals surface area contributed by atoms with E-state index in [1.165, 1.54) is 51.2 Å². The number of morpholine rings is 1. The summed E-state index contributed by atoms with van der Waals surface area (Å²) in [4.78, 5) is 108. The average molecular weight is 975 g/mol. The second-order valence-corrected chi connectivity index (χ2v) is 18.2. The van der Waals surface area contributed by atoms with Gasteiger partial charge in [0.1, 0.15) is 29.3 Å². The molecule has 10 atom stereocenters. The van der Waals surface area contributed by atoms with Crippen LogP contribution < -0.4 is 26.0 Å². The van der Waals surface area contributed by atoms with Gasteiger partial charge in [0.2, 0.25) is 29.4 Å². The molecule has 0 radical (unpaired) electrons. The Hall–Kier alpha value is -6.30. The minimum atomic E-state index is -1.12. The van der Waals surface area contributed by atoms with Gasteiger partial charge < -0.3 is 59.5 Å². The van der Waals surface area contributed by atoms with Crippen molar-refractivity contribution in [2.24, 2.45) is 5.92 Å². The molecule has 70 heavy (non-hydrogen) atoms. The highest BCUT2D eigenvalue weighted by atomic mass is 16.7. The van der Waals surface area contributed by atoms with E-state index < -0.39 is 125 Å². The van der Waals surface area contributed by atoms with E-state index in [2.05, 4.69) is 21.3 Å². The maximum absolute atomic E-state index is 14.3. The summed E-state index contributed by atoms with van der Waals surface area (Å²) < 4.78 is 35.7. The van der Waals surface area contributed by atoms with Gasteiger partial charge in [-0.25, -0.2) is 0 Å². The lowest BCUT2D eigenvalue weighted by Gasteiger charge is -2.41. The maximum Gasteiger partial charge on any atom is 0.253 e. The molecular weight excluding hydrogens is 917 g/mol. The number of benzene rings is 2. The van der Waals surface area contributed by atoms with Crippen molar-refractivity contribution in [3.63, 3.8) is 0 Å². The normalized spacial score (nSPS) is 27.0. The number of amides is 6. The Balaban J connectivity index is 0.943. The summed E-state index contributed by atoms with van der Waals surface area (Å²) >= 11 is 0. The molecule has 0 bridgehead atoms. The van der Waals surface area contributed by atoms with E-state index in [0.717, 1.165) is 17.1 Å².